The number of amides is 1. The summed E-state index contributed by atoms with van der Waals surface area (Å²) in [4.78, 5) is 13.5. The lowest BCUT2D eigenvalue weighted by Gasteiger charge is -2.12. The zero-order chi connectivity index (χ0) is 14.7. The molecular weight excluding hydrogens is 252 g/mol. The first kappa shape index (κ1) is 14.1. The molecular formula is C15H20N4O. The molecule has 106 valence electrons. The molecule has 20 heavy (non-hydrogen) atoms. The molecule has 5 nitrogen and oxygen atoms in total. The minimum absolute atomic E-state index is 0.00575. The second-order valence-electron chi connectivity index (χ2n) is 5.01. The fourth-order valence-electron chi connectivity index (χ4n) is 1.94. The van der Waals surface area contributed by atoms with Crippen LogP contribution in [0.1, 0.15) is 21.6 Å². The van der Waals surface area contributed by atoms with Gasteiger partial charge in [0.1, 0.15) is 0 Å². The number of hydrogen-bond acceptors (Lipinski definition) is 3. The van der Waals surface area contributed by atoms with Crippen molar-refractivity contribution in [2.24, 2.45) is 7.05 Å². The molecule has 0 aliphatic rings. The molecule has 0 bridgehead atoms. The molecule has 1 heterocycles. The smallest absolute Gasteiger partial charge is 0.253 e. The molecule has 1 aromatic heterocycles. The van der Waals surface area contributed by atoms with E-state index >= 15 is 0 Å². The maximum absolute atomic E-state index is 11.9. The van der Waals surface area contributed by atoms with E-state index in [0.29, 0.717) is 12.1 Å². The number of carbonyl (C=O) groups excluding carboxylic acids is 1. The first-order valence-corrected chi connectivity index (χ1v) is 6.52. The number of benzene rings is 1. The van der Waals surface area contributed by atoms with Gasteiger partial charge in [0, 0.05) is 50.2 Å². The molecule has 0 unspecified atom stereocenters. The Bertz CT molecular complexity index is 616. The molecule has 0 atom stereocenters. The highest BCUT2D eigenvalue weighted by Crippen LogP contribution is 2.14. The first-order valence-electron chi connectivity index (χ1n) is 6.52. The van der Waals surface area contributed by atoms with E-state index in [9.17, 15) is 4.79 Å². The van der Waals surface area contributed by atoms with Gasteiger partial charge in [-0.15, -0.1) is 0 Å². The average molecular weight is 272 g/mol. The third-order valence-electron chi connectivity index (χ3n) is 3.34. The molecule has 1 amide bonds. The van der Waals surface area contributed by atoms with Crippen LogP contribution >= 0.6 is 0 Å². The van der Waals surface area contributed by atoms with Crippen LogP contribution in [0.4, 0.5) is 5.69 Å². The zero-order valence-electron chi connectivity index (χ0n) is 12.3. The average Bonchev–Trinajstić information content (AvgIpc) is 2.76. The minimum atomic E-state index is 0.00575. The number of hydrogen-bond donors (Lipinski definition) is 1. The highest BCUT2D eigenvalue weighted by Gasteiger charge is 2.08. The summed E-state index contributed by atoms with van der Waals surface area (Å²) in [6, 6.07) is 7.53. The highest BCUT2D eigenvalue weighted by molar-refractivity contribution is 5.94. The van der Waals surface area contributed by atoms with Crippen molar-refractivity contribution in [1.82, 2.24) is 14.7 Å². The molecule has 1 N–H and O–H groups in total. The standard InChI is InChI=1S/C15H20N4O/c1-11-13(10-17-19(11)4)9-16-14-7-5-6-12(8-14)15(20)18(2)3/h5-8,10,16H,9H2,1-4H3. The van der Waals surface area contributed by atoms with Crippen molar-refractivity contribution >= 4 is 11.6 Å². The van der Waals surface area contributed by atoms with E-state index in [1.54, 1.807) is 19.0 Å². The van der Waals surface area contributed by atoms with Crippen LogP contribution in [0.3, 0.4) is 0 Å². The van der Waals surface area contributed by atoms with Crippen LogP contribution in [0.2, 0.25) is 0 Å². The summed E-state index contributed by atoms with van der Waals surface area (Å²) in [5.74, 6) is 0.00575. The lowest BCUT2D eigenvalue weighted by atomic mass is 10.1. The van der Waals surface area contributed by atoms with Gasteiger partial charge in [-0.2, -0.15) is 5.10 Å². The second kappa shape index (κ2) is 5.77. The van der Waals surface area contributed by atoms with Crippen molar-refractivity contribution in [3.05, 3.63) is 47.3 Å². The Kier molecular flexibility index (Phi) is 4.08. The van der Waals surface area contributed by atoms with Gasteiger partial charge < -0.3 is 10.2 Å². The Morgan fingerprint density at radius 1 is 1.40 bits per heavy atom. The van der Waals surface area contributed by atoms with Crippen LogP contribution < -0.4 is 5.32 Å². The molecule has 0 radical (unpaired) electrons. The second-order valence-corrected chi connectivity index (χ2v) is 5.01. The van der Waals surface area contributed by atoms with E-state index in [4.69, 9.17) is 0 Å². The van der Waals surface area contributed by atoms with E-state index in [1.165, 1.54) is 0 Å². The molecule has 2 aromatic rings. The molecule has 0 spiro atoms. The highest BCUT2D eigenvalue weighted by atomic mass is 16.2. The SMILES string of the molecule is Cc1c(CNc2cccc(C(=O)N(C)C)c2)cnn1C. The number of aryl methyl sites for hydroxylation is 1. The lowest BCUT2D eigenvalue weighted by Crippen LogP contribution is -2.21. The molecule has 0 aliphatic heterocycles. The molecule has 0 fully saturated rings. The van der Waals surface area contributed by atoms with Gasteiger partial charge >= 0.3 is 0 Å². The number of anilines is 1. The summed E-state index contributed by atoms with van der Waals surface area (Å²) in [6.07, 6.45) is 1.86. The Balaban J connectivity index is 2.09. The third kappa shape index (κ3) is 2.99. The third-order valence-corrected chi connectivity index (χ3v) is 3.34. The van der Waals surface area contributed by atoms with Gasteiger partial charge in [0.25, 0.3) is 5.91 Å². The first-order chi connectivity index (χ1) is 9.49. The van der Waals surface area contributed by atoms with Gasteiger partial charge in [-0.05, 0) is 25.1 Å². The van der Waals surface area contributed by atoms with E-state index in [2.05, 4.69) is 10.4 Å². The van der Waals surface area contributed by atoms with Crippen LogP contribution in [0.25, 0.3) is 0 Å². The number of nitrogens with zero attached hydrogens (tertiary/aromatic N) is 3. The van der Waals surface area contributed by atoms with E-state index in [1.807, 2.05) is 49.1 Å². The van der Waals surface area contributed by atoms with Crippen molar-refractivity contribution in [3.8, 4) is 0 Å². The number of carbonyl (C=O) groups is 1. The van der Waals surface area contributed by atoms with E-state index in [-0.39, 0.29) is 5.91 Å². The van der Waals surface area contributed by atoms with Crippen LogP contribution in [-0.2, 0) is 13.6 Å². The Morgan fingerprint density at radius 2 is 2.15 bits per heavy atom. The number of aromatic nitrogens is 2. The molecule has 0 aliphatic carbocycles. The minimum Gasteiger partial charge on any atom is -0.381 e. The monoisotopic (exact) mass is 272 g/mol. The summed E-state index contributed by atoms with van der Waals surface area (Å²) in [5, 5.41) is 7.54. The maximum atomic E-state index is 11.9. The van der Waals surface area contributed by atoms with Crippen LogP contribution in [0, 0.1) is 6.92 Å². The summed E-state index contributed by atoms with van der Waals surface area (Å²) in [7, 11) is 5.43. The summed E-state index contributed by atoms with van der Waals surface area (Å²) >= 11 is 0. The van der Waals surface area contributed by atoms with E-state index < -0.39 is 0 Å². The quantitative estimate of drug-likeness (QED) is 0.926. The largest absolute Gasteiger partial charge is 0.381 e. The van der Waals surface area contributed by atoms with Crippen LogP contribution in [0.15, 0.2) is 30.5 Å². The lowest BCUT2D eigenvalue weighted by molar-refractivity contribution is 0.0827. The molecule has 0 saturated carbocycles. The Labute approximate surface area is 119 Å². The Morgan fingerprint density at radius 3 is 2.75 bits per heavy atom. The number of rotatable bonds is 4. The Hall–Kier alpha value is -2.30. The maximum Gasteiger partial charge on any atom is 0.253 e. The van der Waals surface area contributed by atoms with Crippen molar-refractivity contribution < 1.29 is 4.79 Å². The normalized spacial score (nSPS) is 10.4. The fourth-order valence-corrected chi connectivity index (χ4v) is 1.94. The van der Waals surface area contributed by atoms with E-state index in [0.717, 1.165) is 16.9 Å². The summed E-state index contributed by atoms with van der Waals surface area (Å²) in [5.41, 5.74) is 3.90. The van der Waals surface area contributed by atoms with Gasteiger partial charge in [0.2, 0.25) is 0 Å². The number of nitrogens with one attached hydrogen (secondary N) is 1. The molecule has 0 saturated heterocycles. The van der Waals surface area contributed by atoms with Crippen molar-refractivity contribution in [1.29, 1.82) is 0 Å². The van der Waals surface area contributed by atoms with Crippen LogP contribution in [-0.4, -0.2) is 34.7 Å². The summed E-state index contributed by atoms with van der Waals surface area (Å²) < 4.78 is 1.85. The van der Waals surface area contributed by atoms with Gasteiger partial charge in [-0.1, -0.05) is 6.07 Å². The molecule has 5 heteroatoms. The predicted molar refractivity (Wildman–Crippen MR) is 79.7 cm³/mol. The topological polar surface area (TPSA) is 50.2 Å². The van der Waals surface area contributed by atoms with Gasteiger partial charge in [-0.25, -0.2) is 0 Å². The van der Waals surface area contributed by atoms with Crippen LogP contribution in [0.5, 0.6) is 0 Å². The van der Waals surface area contributed by atoms with Crippen molar-refractivity contribution in [2.75, 3.05) is 19.4 Å². The predicted octanol–water partition coefficient (Wildman–Crippen LogP) is 2.04. The van der Waals surface area contributed by atoms with Gasteiger partial charge in [0.15, 0.2) is 0 Å². The van der Waals surface area contributed by atoms with Gasteiger partial charge in [-0.3, -0.25) is 9.48 Å². The summed E-state index contributed by atoms with van der Waals surface area (Å²) in [6.45, 7) is 2.73. The molecule has 1 aromatic carbocycles. The fraction of sp³-hybridized carbons (Fsp3) is 0.333. The van der Waals surface area contributed by atoms with Gasteiger partial charge in [0.05, 0.1) is 6.20 Å². The van der Waals surface area contributed by atoms with Crippen molar-refractivity contribution in [3.63, 3.8) is 0 Å². The zero-order valence-corrected chi connectivity index (χ0v) is 12.3. The molecule has 2 rings (SSSR count). The van der Waals surface area contributed by atoms with Crippen molar-refractivity contribution in [2.45, 2.75) is 13.5 Å².